The molecule has 0 aliphatic carbocycles. The van der Waals surface area contributed by atoms with Crippen LogP contribution < -0.4 is 5.73 Å². The molecule has 0 spiro atoms. The average molecular weight is 211 g/mol. The van der Waals surface area contributed by atoms with Gasteiger partial charge in [-0.15, -0.1) is 0 Å². The molecular formula is C9H7F2N3O. The summed E-state index contributed by atoms with van der Waals surface area (Å²) in [6.07, 6.45) is -2.66. The number of amides is 1. The van der Waals surface area contributed by atoms with E-state index in [4.69, 9.17) is 5.73 Å². The van der Waals surface area contributed by atoms with Crippen molar-refractivity contribution in [2.24, 2.45) is 5.73 Å². The molecular weight excluding hydrogens is 204 g/mol. The number of carbonyl (C=O) groups excluding carboxylic acids is 1. The Labute approximate surface area is 83.1 Å². The van der Waals surface area contributed by atoms with Gasteiger partial charge in [0.25, 0.3) is 6.43 Å². The van der Waals surface area contributed by atoms with Crippen molar-refractivity contribution in [1.82, 2.24) is 9.97 Å². The minimum atomic E-state index is -2.66. The van der Waals surface area contributed by atoms with Gasteiger partial charge in [0.2, 0.25) is 5.91 Å². The fourth-order valence-electron chi connectivity index (χ4n) is 1.29. The second-order valence-electron chi connectivity index (χ2n) is 3.02. The molecule has 3 N–H and O–H groups in total. The highest BCUT2D eigenvalue weighted by Gasteiger charge is 2.13. The Morgan fingerprint density at radius 2 is 2.20 bits per heavy atom. The van der Waals surface area contributed by atoms with E-state index >= 15 is 0 Å². The van der Waals surface area contributed by atoms with E-state index < -0.39 is 18.2 Å². The predicted octanol–water partition coefficient (Wildman–Crippen LogP) is 1.60. The minimum Gasteiger partial charge on any atom is -0.366 e. The Morgan fingerprint density at radius 1 is 1.47 bits per heavy atom. The van der Waals surface area contributed by atoms with Gasteiger partial charge in [0.1, 0.15) is 0 Å². The lowest BCUT2D eigenvalue weighted by Gasteiger charge is -1.93. The molecule has 0 saturated heterocycles. The van der Waals surface area contributed by atoms with Crippen molar-refractivity contribution in [2.45, 2.75) is 6.43 Å². The Hall–Kier alpha value is -1.98. The molecule has 1 amide bonds. The number of aromatic nitrogens is 2. The SMILES string of the molecule is NC(=O)c1ccc2nc(C(F)F)[nH]c2c1. The number of nitrogens with zero attached hydrogens (tertiary/aromatic N) is 1. The van der Waals surface area contributed by atoms with Crippen LogP contribution in [0, 0.1) is 0 Å². The fourth-order valence-corrected chi connectivity index (χ4v) is 1.29. The number of halogens is 2. The van der Waals surface area contributed by atoms with Crippen LogP contribution in [0.2, 0.25) is 0 Å². The number of alkyl halides is 2. The maximum Gasteiger partial charge on any atom is 0.295 e. The normalized spacial score (nSPS) is 11.1. The first-order valence-electron chi connectivity index (χ1n) is 4.15. The maximum atomic E-state index is 12.3. The lowest BCUT2D eigenvalue weighted by atomic mass is 10.2. The van der Waals surface area contributed by atoms with E-state index in [9.17, 15) is 13.6 Å². The Kier molecular flexibility index (Phi) is 2.11. The summed E-state index contributed by atoms with van der Waals surface area (Å²) in [5, 5.41) is 0. The molecule has 0 bridgehead atoms. The third-order valence-corrected chi connectivity index (χ3v) is 1.99. The summed E-state index contributed by atoms with van der Waals surface area (Å²) >= 11 is 0. The minimum absolute atomic E-state index is 0.256. The number of primary amides is 1. The standard InChI is InChI=1S/C9H7F2N3O/c10-7(11)9-13-5-2-1-4(8(12)15)3-6(5)14-9/h1-3,7H,(H2,12,15)(H,13,14). The Morgan fingerprint density at radius 3 is 2.80 bits per heavy atom. The number of H-pyrrole nitrogens is 1. The molecule has 0 atom stereocenters. The van der Waals surface area contributed by atoms with Gasteiger partial charge in [-0.2, -0.15) is 0 Å². The zero-order valence-corrected chi connectivity index (χ0v) is 7.50. The van der Waals surface area contributed by atoms with Crippen molar-refractivity contribution in [2.75, 3.05) is 0 Å². The van der Waals surface area contributed by atoms with Gasteiger partial charge >= 0.3 is 0 Å². The van der Waals surface area contributed by atoms with Crippen LogP contribution in [0.15, 0.2) is 18.2 Å². The summed E-state index contributed by atoms with van der Waals surface area (Å²) in [6.45, 7) is 0. The first kappa shape index (κ1) is 9.57. The molecule has 2 aromatic rings. The molecule has 1 heterocycles. The van der Waals surface area contributed by atoms with Crippen molar-refractivity contribution in [1.29, 1.82) is 0 Å². The number of hydrogen-bond donors (Lipinski definition) is 2. The molecule has 0 aliphatic rings. The van der Waals surface area contributed by atoms with Crippen molar-refractivity contribution in [3.8, 4) is 0 Å². The van der Waals surface area contributed by atoms with Crippen molar-refractivity contribution in [3.63, 3.8) is 0 Å². The molecule has 0 radical (unpaired) electrons. The van der Waals surface area contributed by atoms with E-state index in [2.05, 4.69) is 9.97 Å². The monoisotopic (exact) mass is 211 g/mol. The summed E-state index contributed by atoms with van der Waals surface area (Å²) in [6, 6.07) is 4.31. The molecule has 0 fully saturated rings. The molecule has 0 aliphatic heterocycles. The average Bonchev–Trinajstić information content (AvgIpc) is 2.59. The first-order chi connectivity index (χ1) is 7.08. The number of aromatic amines is 1. The molecule has 0 saturated carbocycles. The van der Waals surface area contributed by atoms with Gasteiger partial charge in [-0.25, -0.2) is 13.8 Å². The molecule has 15 heavy (non-hydrogen) atoms. The number of nitrogens with two attached hydrogens (primary N) is 1. The lowest BCUT2D eigenvalue weighted by molar-refractivity contribution is 0.100. The molecule has 0 unspecified atom stereocenters. The van der Waals surface area contributed by atoms with Crippen LogP contribution in [0.4, 0.5) is 8.78 Å². The summed E-state index contributed by atoms with van der Waals surface area (Å²) in [4.78, 5) is 16.9. The van der Waals surface area contributed by atoms with Gasteiger partial charge in [-0.05, 0) is 18.2 Å². The number of nitrogens with one attached hydrogen (secondary N) is 1. The van der Waals surface area contributed by atoms with Crippen LogP contribution >= 0.6 is 0 Å². The van der Waals surface area contributed by atoms with Crippen LogP contribution in [-0.2, 0) is 0 Å². The third-order valence-electron chi connectivity index (χ3n) is 1.99. The summed E-state index contributed by atoms with van der Waals surface area (Å²) < 4.78 is 24.6. The summed E-state index contributed by atoms with van der Waals surface area (Å²) in [5.41, 5.74) is 6.07. The highest BCUT2D eigenvalue weighted by atomic mass is 19.3. The van der Waals surface area contributed by atoms with Crippen LogP contribution in [-0.4, -0.2) is 15.9 Å². The second kappa shape index (κ2) is 3.30. The fraction of sp³-hybridized carbons (Fsp3) is 0.111. The van der Waals surface area contributed by atoms with Crippen LogP contribution in [0.5, 0.6) is 0 Å². The highest BCUT2D eigenvalue weighted by Crippen LogP contribution is 2.20. The summed E-state index contributed by atoms with van der Waals surface area (Å²) in [7, 11) is 0. The van der Waals surface area contributed by atoms with Crippen LogP contribution in [0.25, 0.3) is 11.0 Å². The molecule has 1 aromatic carbocycles. The lowest BCUT2D eigenvalue weighted by Crippen LogP contribution is -2.10. The number of rotatable bonds is 2. The van der Waals surface area contributed by atoms with Crippen molar-refractivity contribution in [3.05, 3.63) is 29.6 Å². The quantitative estimate of drug-likeness (QED) is 0.791. The van der Waals surface area contributed by atoms with E-state index in [1.54, 1.807) is 0 Å². The third kappa shape index (κ3) is 1.65. The van der Waals surface area contributed by atoms with E-state index in [0.717, 1.165) is 0 Å². The number of fused-ring (bicyclic) bond motifs is 1. The molecule has 78 valence electrons. The van der Waals surface area contributed by atoms with E-state index in [1.807, 2.05) is 0 Å². The predicted molar refractivity (Wildman–Crippen MR) is 49.6 cm³/mol. The Bertz CT molecular complexity index is 521. The summed E-state index contributed by atoms with van der Waals surface area (Å²) in [5.74, 6) is -1.02. The largest absolute Gasteiger partial charge is 0.366 e. The van der Waals surface area contributed by atoms with Gasteiger partial charge in [0, 0.05) is 5.56 Å². The van der Waals surface area contributed by atoms with Crippen LogP contribution in [0.1, 0.15) is 22.6 Å². The second-order valence-corrected chi connectivity index (χ2v) is 3.02. The van der Waals surface area contributed by atoms with Gasteiger partial charge in [-0.1, -0.05) is 0 Å². The zero-order chi connectivity index (χ0) is 11.0. The van der Waals surface area contributed by atoms with Gasteiger partial charge in [0.05, 0.1) is 11.0 Å². The zero-order valence-electron chi connectivity index (χ0n) is 7.50. The Balaban J connectivity index is 2.57. The molecule has 1 aromatic heterocycles. The van der Waals surface area contributed by atoms with Gasteiger partial charge < -0.3 is 10.7 Å². The van der Waals surface area contributed by atoms with E-state index in [0.29, 0.717) is 11.0 Å². The molecule has 6 heteroatoms. The number of carbonyl (C=O) groups is 1. The van der Waals surface area contributed by atoms with Gasteiger partial charge in [0.15, 0.2) is 5.82 Å². The first-order valence-corrected chi connectivity index (χ1v) is 4.15. The van der Waals surface area contributed by atoms with Crippen molar-refractivity contribution < 1.29 is 13.6 Å². The maximum absolute atomic E-state index is 12.3. The smallest absolute Gasteiger partial charge is 0.295 e. The van der Waals surface area contributed by atoms with Gasteiger partial charge in [-0.3, -0.25) is 4.79 Å². The van der Waals surface area contributed by atoms with E-state index in [-0.39, 0.29) is 5.56 Å². The molecule has 4 nitrogen and oxygen atoms in total. The molecule has 2 rings (SSSR count). The number of hydrogen-bond acceptors (Lipinski definition) is 2. The number of imidazole rings is 1. The topological polar surface area (TPSA) is 71.8 Å². The van der Waals surface area contributed by atoms with E-state index in [1.165, 1.54) is 18.2 Å². The van der Waals surface area contributed by atoms with Crippen LogP contribution in [0.3, 0.4) is 0 Å². The number of benzene rings is 1. The van der Waals surface area contributed by atoms with Crippen molar-refractivity contribution >= 4 is 16.9 Å². The highest BCUT2D eigenvalue weighted by molar-refractivity contribution is 5.96.